The first-order valence-electron chi connectivity index (χ1n) is 11.1. The van der Waals surface area contributed by atoms with E-state index in [1.54, 1.807) is 12.1 Å². The van der Waals surface area contributed by atoms with Crippen molar-refractivity contribution in [1.82, 2.24) is 4.31 Å². The molecule has 1 amide bonds. The molecule has 0 spiro atoms. The van der Waals surface area contributed by atoms with Crippen molar-refractivity contribution in [3.63, 3.8) is 0 Å². The number of para-hydroxylation sites is 3. The number of carbonyl (C=O) groups excluding carboxylic acids is 1. The van der Waals surface area contributed by atoms with E-state index in [1.165, 1.54) is 4.31 Å². The number of nitrogens with zero attached hydrogens (tertiary/aromatic N) is 1. The zero-order valence-electron chi connectivity index (χ0n) is 18.6. The first-order chi connectivity index (χ1) is 15.9. The molecule has 6 nitrogen and oxygen atoms in total. The SMILES string of the molecule is Cc1ccccc1CS(=O)(=O)N1CCC[C@@H](C(=O)Nc2ccccc2Oc2ccccc2)C1. The Morgan fingerprint density at radius 1 is 1.00 bits per heavy atom. The highest BCUT2D eigenvalue weighted by Crippen LogP contribution is 2.30. The predicted octanol–water partition coefficient (Wildman–Crippen LogP) is 4.97. The van der Waals surface area contributed by atoms with Gasteiger partial charge in [0.2, 0.25) is 15.9 Å². The summed E-state index contributed by atoms with van der Waals surface area (Å²) < 4.78 is 33.5. The average Bonchev–Trinajstić information content (AvgIpc) is 2.82. The fourth-order valence-corrected chi connectivity index (χ4v) is 5.69. The minimum atomic E-state index is -3.52. The second-order valence-electron chi connectivity index (χ2n) is 8.28. The third kappa shape index (κ3) is 5.80. The van der Waals surface area contributed by atoms with Gasteiger partial charge in [0.25, 0.3) is 0 Å². The van der Waals surface area contributed by atoms with Gasteiger partial charge in [-0.05, 0) is 55.2 Å². The Kier molecular flexibility index (Phi) is 7.11. The number of ether oxygens (including phenoxy) is 1. The van der Waals surface area contributed by atoms with E-state index in [0.29, 0.717) is 36.6 Å². The number of benzene rings is 3. The van der Waals surface area contributed by atoms with Crippen molar-refractivity contribution >= 4 is 21.6 Å². The standard InChI is InChI=1S/C26H28N2O4S/c1-20-10-5-6-11-22(20)19-33(30,31)28-17-9-12-21(18-28)26(29)27-24-15-7-8-16-25(24)32-23-13-3-2-4-14-23/h2-8,10-11,13-16,21H,9,12,17-19H2,1H3,(H,27,29)/t21-/m1/s1. The van der Waals surface area contributed by atoms with Crippen molar-refractivity contribution in [2.45, 2.75) is 25.5 Å². The van der Waals surface area contributed by atoms with E-state index in [0.717, 1.165) is 11.1 Å². The molecule has 1 aliphatic heterocycles. The molecular weight excluding hydrogens is 436 g/mol. The highest BCUT2D eigenvalue weighted by molar-refractivity contribution is 7.88. The zero-order valence-corrected chi connectivity index (χ0v) is 19.4. The van der Waals surface area contributed by atoms with Gasteiger partial charge in [-0.1, -0.05) is 54.6 Å². The number of anilines is 1. The third-order valence-corrected chi connectivity index (χ3v) is 7.66. The monoisotopic (exact) mass is 464 g/mol. The molecule has 0 radical (unpaired) electrons. The van der Waals surface area contributed by atoms with E-state index in [9.17, 15) is 13.2 Å². The maximum absolute atomic E-state index is 13.1. The lowest BCUT2D eigenvalue weighted by molar-refractivity contribution is -0.120. The summed E-state index contributed by atoms with van der Waals surface area (Å²) in [5.74, 6) is 0.536. The largest absolute Gasteiger partial charge is 0.455 e. The van der Waals surface area contributed by atoms with Gasteiger partial charge in [-0.3, -0.25) is 4.79 Å². The minimum Gasteiger partial charge on any atom is -0.455 e. The van der Waals surface area contributed by atoms with Gasteiger partial charge in [0, 0.05) is 13.1 Å². The fourth-order valence-electron chi connectivity index (χ4n) is 3.98. The number of amides is 1. The van der Waals surface area contributed by atoms with Crippen molar-refractivity contribution in [2.24, 2.45) is 5.92 Å². The second-order valence-corrected chi connectivity index (χ2v) is 10.2. The summed E-state index contributed by atoms with van der Waals surface area (Å²) in [6.45, 7) is 2.53. The Morgan fingerprint density at radius 3 is 2.48 bits per heavy atom. The molecule has 1 aliphatic rings. The molecule has 0 aromatic heterocycles. The van der Waals surface area contributed by atoms with Crippen LogP contribution in [-0.2, 0) is 20.6 Å². The van der Waals surface area contributed by atoms with Gasteiger partial charge >= 0.3 is 0 Å². The van der Waals surface area contributed by atoms with Crippen molar-refractivity contribution in [2.75, 3.05) is 18.4 Å². The van der Waals surface area contributed by atoms with E-state index in [4.69, 9.17) is 4.74 Å². The van der Waals surface area contributed by atoms with Gasteiger partial charge < -0.3 is 10.1 Å². The molecule has 0 unspecified atom stereocenters. The Balaban J connectivity index is 1.44. The molecule has 33 heavy (non-hydrogen) atoms. The van der Waals surface area contributed by atoms with Gasteiger partial charge in [0.15, 0.2) is 5.75 Å². The summed E-state index contributed by atoms with van der Waals surface area (Å²) in [5.41, 5.74) is 2.30. The van der Waals surface area contributed by atoms with Crippen LogP contribution in [0.15, 0.2) is 78.9 Å². The van der Waals surface area contributed by atoms with Gasteiger partial charge in [-0.2, -0.15) is 0 Å². The molecule has 3 aromatic carbocycles. The van der Waals surface area contributed by atoms with E-state index in [1.807, 2.05) is 73.7 Å². The number of sulfonamides is 1. The highest BCUT2D eigenvalue weighted by Gasteiger charge is 2.33. The van der Waals surface area contributed by atoms with E-state index < -0.39 is 15.9 Å². The normalized spacial score (nSPS) is 16.8. The number of rotatable bonds is 7. The van der Waals surface area contributed by atoms with Crippen LogP contribution in [0.4, 0.5) is 5.69 Å². The van der Waals surface area contributed by atoms with Crippen molar-refractivity contribution in [3.05, 3.63) is 90.0 Å². The van der Waals surface area contributed by atoms with E-state index >= 15 is 0 Å². The number of aryl methyl sites for hydroxylation is 1. The molecule has 1 N–H and O–H groups in total. The smallest absolute Gasteiger partial charge is 0.228 e. The topological polar surface area (TPSA) is 75.7 Å². The lowest BCUT2D eigenvalue weighted by Gasteiger charge is -2.31. The molecule has 172 valence electrons. The lowest BCUT2D eigenvalue weighted by Crippen LogP contribution is -2.44. The molecule has 1 atom stereocenters. The molecule has 7 heteroatoms. The third-order valence-electron chi connectivity index (χ3n) is 5.86. The summed E-state index contributed by atoms with van der Waals surface area (Å²) in [6, 6.07) is 24.1. The van der Waals surface area contributed by atoms with Gasteiger partial charge in [-0.25, -0.2) is 12.7 Å². The van der Waals surface area contributed by atoms with Crippen LogP contribution >= 0.6 is 0 Å². The Bertz CT molecular complexity index is 1210. The quantitative estimate of drug-likeness (QED) is 0.536. The Morgan fingerprint density at radius 2 is 1.70 bits per heavy atom. The van der Waals surface area contributed by atoms with Crippen molar-refractivity contribution in [3.8, 4) is 11.5 Å². The molecular formula is C26H28N2O4S. The molecule has 0 aliphatic carbocycles. The number of piperidine rings is 1. The van der Waals surface area contributed by atoms with Crippen LogP contribution < -0.4 is 10.1 Å². The molecule has 1 fully saturated rings. The van der Waals surface area contributed by atoms with Crippen LogP contribution in [0.3, 0.4) is 0 Å². The van der Waals surface area contributed by atoms with Crippen LogP contribution in [0.1, 0.15) is 24.0 Å². The average molecular weight is 465 g/mol. The van der Waals surface area contributed by atoms with Crippen LogP contribution in [0, 0.1) is 12.8 Å². The first kappa shape index (κ1) is 23.0. The molecule has 0 saturated carbocycles. The summed E-state index contributed by atoms with van der Waals surface area (Å²) in [4.78, 5) is 13.1. The summed E-state index contributed by atoms with van der Waals surface area (Å²) in [7, 11) is -3.52. The Labute approximate surface area is 195 Å². The van der Waals surface area contributed by atoms with Gasteiger partial charge in [0.05, 0.1) is 17.4 Å². The molecule has 3 aromatic rings. The number of nitrogens with one attached hydrogen (secondary N) is 1. The first-order valence-corrected chi connectivity index (χ1v) is 12.7. The van der Waals surface area contributed by atoms with Crippen LogP contribution in [0.5, 0.6) is 11.5 Å². The lowest BCUT2D eigenvalue weighted by atomic mass is 9.98. The van der Waals surface area contributed by atoms with Crippen molar-refractivity contribution < 1.29 is 17.9 Å². The number of hydrogen-bond donors (Lipinski definition) is 1. The molecule has 0 bridgehead atoms. The van der Waals surface area contributed by atoms with Crippen LogP contribution in [0.2, 0.25) is 0 Å². The zero-order chi connectivity index (χ0) is 23.3. The van der Waals surface area contributed by atoms with Crippen molar-refractivity contribution in [1.29, 1.82) is 0 Å². The molecule has 1 heterocycles. The van der Waals surface area contributed by atoms with Gasteiger partial charge in [-0.15, -0.1) is 0 Å². The molecule has 4 rings (SSSR count). The van der Waals surface area contributed by atoms with Gasteiger partial charge in [0.1, 0.15) is 5.75 Å². The summed E-state index contributed by atoms with van der Waals surface area (Å²) in [6.07, 6.45) is 1.29. The van der Waals surface area contributed by atoms with Crippen LogP contribution in [0.25, 0.3) is 0 Å². The maximum Gasteiger partial charge on any atom is 0.228 e. The van der Waals surface area contributed by atoms with Crippen LogP contribution in [-0.4, -0.2) is 31.7 Å². The van der Waals surface area contributed by atoms with E-state index in [2.05, 4.69) is 5.32 Å². The fraction of sp³-hybridized carbons (Fsp3) is 0.269. The summed E-state index contributed by atoms with van der Waals surface area (Å²) in [5, 5.41) is 2.95. The number of hydrogen-bond acceptors (Lipinski definition) is 4. The minimum absolute atomic E-state index is 0.0538. The highest BCUT2D eigenvalue weighted by atomic mass is 32.2. The Hall–Kier alpha value is -3.16. The summed E-state index contributed by atoms with van der Waals surface area (Å²) >= 11 is 0. The predicted molar refractivity (Wildman–Crippen MR) is 130 cm³/mol. The molecule has 1 saturated heterocycles. The second kappa shape index (κ2) is 10.2. The van der Waals surface area contributed by atoms with E-state index in [-0.39, 0.29) is 18.2 Å². The maximum atomic E-state index is 13.1. The number of carbonyl (C=O) groups is 1.